The van der Waals surface area contributed by atoms with Crippen molar-refractivity contribution in [2.75, 3.05) is 6.61 Å². The second-order valence-electron chi connectivity index (χ2n) is 6.57. The van der Waals surface area contributed by atoms with Crippen LogP contribution in [0.2, 0.25) is 0 Å². The molecule has 3 rings (SSSR count). The van der Waals surface area contributed by atoms with E-state index in [2.05, 4.69) is 27.9 Å². The molecule has 134 valence electrons. The average Bonchev–Trinajstić information content (AvgIpc) is 2.94. The fraction of sp³-hybridized carbons (Fsp3) is 0.474. The molecule has 2 amide bonds. The summed E-state index contributed by atoms with van der Waals surface area (Å²) >= 11 is 0. The van der Waals surface area contributed by atoms with Crippen molar-refractivity contribution in [3.8, 4) is 0 Å². The molecule has 0 radical (unpaired) electrons. The lowest BCUT2D eigenvalue weighted by Gasteiger charge is -2.30. The van der Waals surface area contributed by atoms with Crippen LogP contribution in [0.1, 0.15) is 54.5 Å². The standard InChI is InChI=1S/C19H25N3O3/c1-12(18-13(2)22-25-14(18)3)20-19(23)21-16-9-10-24-17(11-16)15-7-5-4-6-8-15/h4-8,12,16-17H,9-11H2,1-3H3,(H2,20,21,23)/t12-,16-,17+/m0/s1. The molecular weight excluding hydrogens is 318 g/mol. The highest BCUT2D eigenvalue weighted by Gasteiger charge is 2.26. The summed E-state index contributed by atoms with van der Waals surface area (Å²) in [5.74, 6) is 0.737. The van der Waals surface area contributed by atoms with Crippen LogP contribution in [0.5, 0.6) is 0 Å². The van der Waals surface area contributed by atoms with Gasteiger partial charge in [0.05, 0.1) is 17.8 Å². The molecule has 1 aromatic carbocycles. The van der Waals surface area contributed by atoms with Gasteiger partial charge in [-0.2, -0.15) is 0 Å². The zero-order valence-corrected chi connectivity index (χ0v) is 14.9. The molecule has 25 heavy (non-hydrogen) atoms. The van der Waals surface area contributed by atoms with Gasteiger partial charge < -0.3 is 19.9 Å². The molecule has 1 fully saturated rings. The van der Waals surface area contributed by atoms with Gasteiger partial charge in [-0.1, -0.05) is 35.5 Å². The molecule has 2 N–H and O–H groups in total. The first-order valence-corrected chi connectivity index (χ1v) is 8.71. The maximum absolute atomic E-state index is 12.4. The summed E-state index contributed by atoms with van der Waals surface area (Å²) in [6.07, 6.45) is 1.62. The SMILES string of the molecule is Cc1noc(C)c1[C@H](C)NC(=O)N[C@H]1CCO[C@@H](c2ccccc2)C1. The van der Waals surface area contributed by atoms with E-state index in [9.17, 15) is 4.79 Å². The van der Waals surface area contributed by atoms with Gasteiger partial charge >= 0.3 is 6.03 Å². The third-order valence-electron chi connectivity index (χ3n) is 4.66. The highest BCUT2D eigenvalue weighted by atomic mass is 16.5. The number of urea groups is 1. The molecule has 0 unspecified atom stereocenters. The molecule has 3 atom stereocenters. The normalized spacial score (nSPS) is 21.6. The second kappa shape index (κ2) is 7.70. The number of hydrogen-bond donors (Lipinski definition) is 2. The van der Waals surface area contributed by atoms with E-state index in [0.29, 0.717) is 6.61 Å². The van der Waals surface area contributed by atoms with Crippen molar-refractivity contribution in [3.05, 3.63) is 52.9 Å². The molecule has 6 nitrogen and oxygen atoms in total. The molecule has 2 heterocycles. The summed E-state index contributed by atoms with van der Waals surface area (Å²) in [6, 6.07) is 9.89. The molecule has 2 aromatic rings. The molecule has 1 aliphatic rings. The highest BCUT2D eigenvalue weighted by Crippen LogP contribution is 2.28. The van der Waals surface area contributed by atoms with E-state index in [4.69, 9.17) is 9.26 Å². The summed E-state index contributed by atoms with van der Waals surface area (Å²) < 4.78 is 11.0. The average molecular weight is 343 g/mol. The van der Waals surface area contributed by atoms with Crippen molar-refractivity contribution < 1.29 is 14.1 Å². The molecule has 6 heteroatoms. The number of aromatic nitrogens is 1. The number of carbonyl (C=O) groups excluding carboxylic acids is 1. The van der Waals surface area contributed by atoms with E-state index in [0.717, 1.165) is 35.4 Å². The van der Waals surface area contributed by atoms with Crippen LogP contribution in [0.4, 0.5) is 4.79 Å². The van der Waals surface area contributed by atoms with Crippen LogP contribution in [-0.2, 0) is 4.74 Å². The zero-order valence-electron chi connectivity index (χ0n) is 14.9. The maximum Gasteiger partial charge on any atom is 0.315 e. The Hall–Kier alpha value is -2.34. The Kier molecular flexibility index (Phi) is 5.38. The van der Waals surface area contributed by atoms with Crippen LogP contribution in [-0.4, -0.2) is 23.8 Å². The minimum atomic E-state index is -0.175. The third-order valence-corrected chi connectivity index (χ3v) is 4.66. The molecule has 1 aliphatic heterocycles. The lowest BCUT2D eigenvalue weighted by Crippen LogP contribution is -2.45. The smallest absolute Gasteiger partial charge is 0.315 e. The van der Waals surface area contributed by atoms with Crippen LogP contribution >= 0.6 is 0 Å². The van der Waals surface area contributed by atoms with Crippen LogP contribution in [0.15, 0.2) is 34.9 Å². The fourth-order valence-corrected chi connectivity index (χ4v) is 3.43. The predicted molar refractivity (Wildman–Crippen MR) is 94.2 cm³/mol. The number of benzene rings is 1. The number of nitrogens with one attached hydrogen (secondary N) is 2. The zero-order chi connectivity index (χ0) is 17.8. The maximum atomic E-state index is 12.4. The van der Waals surface area contributed by atoms with Gasteiger partial charge in [-0.15, -0.1) is 0 Å². The van der Waals surface area contributed by atoms with Crippen molar-refractivity contribution in [2.24, 2.45) is 0 Å². The Labute approximate surface area is 147 Å². The lowest BCUT2D eigenvalue weighted by molar-refractivity contribution is 0.00222. The summed E-state index contributed by atoms with van der Waals surface area (Å²) in [6.45, 7) is 6.31. The summed E-state index contributed by atoms with van der Waals surface area (Å²) in [5.41, 5.74) is 2.89. The van der Waals surface area contributed by atoms with Crippen molar-refractivity contribution in [1.29, 1.82) is 0 Å². The number of ether oxygens (including phenoxy) is 1. The van der Waals surface area contributed by atoms with Gasteiger partial charge in [-0.3, -0.25) is 0 Å². The molecule has 1 aromatic heterocycles. The lowest BCUT2D eigenvalue weighted by atomic mass is 9.97. The first-order valence-electron chi connectivity index (χ1n) is 8.71. The van der Waals surface area contributed by atoms with Gasteiger partial charge in [0.25, 0.3) is 0 Å². The van der Waals surface area contributed by atoms with Crippen molar-refractivity contribution in [2.45, 2.75) is 51.8 Å². The van der Waals surface area contributed by atoms with Gasteiger partial charge in [0.2, 0.25) is 0 Å². The van der Waals surface area contributed by atoms with Gasteiger partial charge in [0, 0.05) is 18.2 Å². The van der Waals surface area contributed by atoms with E-state index >= 15 is 0 Å². The van der Waals surface area contributed by atoms with Crippen molar-refractivity contribution in [1.82, 2.24) is 15.8 Å². The second-order valence-corrected chi connectivity index (χ2v) is 6.57. The Morgan fingerprint density at radius 3 is 2.72 bits per heavy atom. The Bertz CT molecular complexity index is 694. The quantitative estimate of drug-likeness (QED) is 0.890. The topological polar surface area (TPSA) is 76.4 Å². The summed E-state index contributed by atoms with van der Waals surface area (Å²) in [4.78, 5) is 12.4. The number of amides is 2. The minimum Gasteiger partial charge on any atom is -0.373 e. The van der Waals surface area contributed by atoms with Crippen LogP contribution in [0.3, 0.4) is 0 Å². The fourth-order valence-electron chi connectivity index (χ4n) is 3.43. The number of aryl methyl sites for hydroxylation is 2. The van der Waals surface area contributed by atoms with E-state index in [1.165, 1.54) is 0 Å². The van der Waals surface area contributed by atoms with Gasteiger partial charge in [-0.05, 0) is 39.2 Å². The third kappa shape index (κ3) is 4.20. The Morgan fingerprint density at radius 1 is 1.28 bits per heavy atom. The minimum absolute atomic E-state index is 0.0280. The van der Waals surface area contributed by atoms with Crippen LogP contribution in [0, 0.1) is 13.8 Å². The molecule has 1 saturated heterocycles. The molecule has 0 aliphatic carbocycles. The number of hydrogen-bond acceptors (Lipinski definition) is 4. The Morgan fingerprint density at radius 2 is 2.04 bits per heavy atom. The largest absolute Gasteiger partial charge is 0.373 e. The monoisotopic (exact) mass is 343 g/mol. The first-order chi connectivity index (χ1) is 12.0. The molecule has 0 saturated carbocycles. The van der Waals surface area contributed by atoms with Crippen molar-refractivity contribution in [3.63, 3.8) is 0 Å². The summed E-state index contributed by atoms with van der Waals surface area (Å²) in [5, 5.41) is 9.98. The number of nitrogens with zero attached hydrogens (tertiary/aromatic N) is 1. The predicted octanol–water partition coefficient (Wildman–Crippen LogP) is 3.57. The van der Waals surface area contributed by atoms with E-state index in [1.807, 2.05) is 39.0 Å². The molecule has 0 spiro atoms. The van der Waals surface area contributed by atoms with Crippen LogP contribution in [0.25, 0.3) is 0 Å². The van der Waals surface area contributed by atoms with Gasteiger partial charge in [0.15, 0.2) is 0 Å². The Balaban J connectivity index is 1.56. The number of rotatable bonds is 4. The molecule has 0 bridgehead atoms. The van der Waals surface area contributed by atoms with Crippen molar-refractivity contribution >= 4 is 6.03 Å². The summed E-state index contributed by atoms with van der Waals surface area (Å²) in [7, 11) is 0. The van der Waals surface area contributed by atoms with E-state index in [1.54, 1.807) is 0 Å². The van der Waals surface area contributed by atoms with Gasteiger partial charge in [0.1, 0.15) is 5.76 Å². The first kappa shape index (κ1) is 17.5. The van der Waals surface area contributed by atoms with E-state index < -0.39 is 0 Å². The molecular formula is C19H25N3O3. The van der Waals surface area contributed by atoms with Crippen LogP contribution < -0.4 is 10.6 Å². The number of carbonyl (C=O) groups is 1. The van der Waals surface area contributed by atoms with E-state index in [-0.39, 0.29) is 24.2 Å². The highest BCUT2D eigenvalue weighted by molar-refractivity contribution is 5.74. The van der Waals surface area contributed by atoms with Gasteiger partial charge in [-0.25, -0.2) is 4.79 Å².